The zero-order valence-corrected chi connectivity index (χ0v) is 16.1. The first-order valence-corrected chi connectivity index (χ1v) is 9.76. The molecule has 1 aliphatic heterocycles. The average Bonchev–Trinajstić information content (AvgIpc) is 2.71. The SMILES string of the molecule is Cn1c(O)c(N=Nc2cccc(S(=O)(=O)N3CCOCC3)c2)c(=O)n(C)c1=O. The summed E-state index contributed by atoms with van der Waals surface area (Å²) in [4.78, 5) is 23.9. The van der Waals surface area contributed by atoms with Crippen LogP contribution in [0.5, 0.6) is 5.88 Å². The van der Waals surface area contributed by atoms with Gasteiger partial charge in [-0.2, -0.15) is 9.42 Å². The predicted octanol–water partition coefficient (Wildman–Crippen LogP) is 0.226. The van der Waals surface area contributed by atoms with Crippen LogP contribution < -0.4 is 11.2 Å². The fraction of sp³-hybridized carbons (Fsp3) is 0.375. The molecule has 3 rings (SSSR count). The van der Waals surface area contributed by atoms with E-state index in [-0.39, 0.29) is 23.7 Å². The van der Waals surface area contributed by atoms with Gasteiger partial charge >= 0.3 is 5.69 Å². The molecular weight excluding hydrogens is 390 g/mol. The van der Waals surface area contributed by atoms with Crippen molar-refractivity contribution < 1.29 is 18.3 Å². The van der Waals surface area contributed by atoms with Crippen LogP contribution in [0.25, 0.3) is 0 Å². The van der Waals surface area contributed by atoms with Crippen LogP contribution in [0.1, 0.15) is 0 Å². The third kappa shape index (κ3) is 3.61. The number of ether oxygens (including phenoxy) is 1. The topological polar surface area (TPSA) is 136 Å². The summed E-state index contributed by atoms with van der Waals surface area (Å²) in [6.07, 6.45) is 0. The second kappa shape index (κ2) is 7.66. The number of aromatic hydroxyl groups is 1. The summed E-state index contributed by atoms with van der Waals surface area (Å²) in [7, 11) is -1.18. The van der Waals surface area contributed by atoms with Gasteiger partial charge in [-0.15, -0.1) is 5.11 Å². The highest BCUT2D eigenvalue weighted by molar-refractivity contribution is 7.89. The molecular formula is C16H19N5O6S. The molecule has 0 spiro atoms. The van der Waals surface area contributed by atoms with Gasteiger partial charge in [-0.05, 0) is 18.2 Å². The van der Waals surface area contributed by atoms with Crippen molar-refractivity contribution in [1.29, 1.82) is 0 Å². The molecule has 150 valence electrons. The number of sulfonamides is 1. The van der Waals surface area contributed by atoms with Crippen LogP contribution in [0.4, 0.5) is 11.4 Å². The monoisotopic (exact) mass is 409 g/mol. The lowest BCUT2D eigenvalue weighted by molar-refractivity contribution is 0.0730. The minimum Gasteiger partial charge on any atom is -0.493 e. The Morgan fingerprint density at radius 2 is 1.75 bits per heavy atom. The van der Waals surface area contributed by atoms with Gasteiger partial charge in [-0.1, -0.05) is 6.07 Å². The molecule has 0 saturated carbocycles. The first kappa shape index (κ1) is 19.9. The average molecular weight is 409 g/mol. The van der Waals surface area contributed by atoms with E-state index in [1.54, 1.807) is 0 Å². The maximum absolute atomic E-state index is 12.7. The van der Waals surface area contributed by atoms with E-state index < -0.39 is 32.8 Å². The smallest absolute Gasteiger partial charge is 0.333 e. The minimum absolute atomic E-state index is 0.0310. The first-order chi connectivity index (χ1) is 13.2. The molecule has 1 saturated heterocycles. The maximum Gasteiger partial charge on any atom is 0.333 e. The van der Waals surface area contributed by atoms with Gasteiger partial charge in [0.2, 0.25) is 21.6 Å². The molecule has 1 N–H and O–H groups in total. The number of hydrogen-bond acceptors (Lipinski definition) is 8. The van der Waals surface area contributed by atoms with Crippen molar-refractivity contribution in [3.63, 3.8) is 0 Å². The van der Waals surface area contributed by atoms with E-state index in [1.807, 2.05) is 0 Å². The molecule has 0 aliphatic carbocycles. The Morgan fingerprint density at radius 1 is 1.07 bits per heavy atom. The van der Waals surface area contributed by atoms with E-state index in [4.69, 9.17) is 4.74 Å². The Bertz CT molecular complexity index is 1150. The second-order valence-corrected chi connectivity index (χ2v) is 8.03. The zero-order valence-electron chi connectivity index (χ0n) is 15.3. The highest BCUT2D eigenvalue weighted by atomic mass is 32.2. The van der Waals surface area contributed by atoms with Gasteiger partial charge in [-0.25, -0.2) is 13.2 Å². The number of azo groups is 1. The Kier molecular flexibility index (Phi) is 5.45. The number of aromatic nitrogens is 2. The van der Waals surface area contributed by atoms with Gasteiger partial charge in [0.05, 0.1) is 23.8 Å². The largest absolute Gasteiger partial charge is 0.493 e. The summed E-state index contributed by atoms with van der Waals surface area (Å²) in [5.74, 6) is -0.631. The Hall–Kier alpha value is -2.83. The van der Waals surface area contributed by atoms with Gasteiger partial charge in [0.15, 0.2) is 0 Å². The van der Waals surface area contributed by atoms with Crippen molar-refractivity contribution in [2.75, 3.05) is 26.3 Å². The molecule has 2 heterocycles. The Balaban J connectivity index is 1.96. The van der Waals surface area contributed by atoms with Crippen molar-refractivity contribution in [3.05, 3.63) is 45.1 Å². The molecule has 1 aromatic carbocycles. The molecule has 1 aromatic heterocycles. The fourth-order valence-electron chi connectivity index (χ4n) is 2.65. The predicted molar refractivity (Wildman–Crippen MR) is 98.8 cm³/mol. The van der Waals surface area contributed by atoms with Crippen molar-refractivity contribution in [2.24, 2.45) is 24.3 Å². The van der Waals surface area contributed by atoms with Crippen LogP contribution >= 0.6 is 0 Å². The lowest BCUT2D eigenvalue weighted by Crippen LogP contribution is -2.40. The van der Waals surface area contributed by atoms with Crippen LogP contribution in [0.2, 0.25) is 0 Å². The van der Waals surface area contributed by atoms with Gasteiger partial charge in [-0.3, -0.25) is 13.9 Å². The molecule has 1 fully saturated rings. The highest BCUT2D eigenvalue weighted by Gasteiger charge is 2.26. The third-order valence-corrected chi connectivity index (χ3v) is 6.20. The zero-order chi connectivity index (χ0) is 20.5. The third-order valence-electron chi connectivity index (χ3n) is 4.30. The number of benzene rings is 1. The Labute approximate surface area is 160 Å². The van der Waals surface area contributed by atoms with Crippen molar-refractivity contribution in [1.82, 2.24) is 13.4 Å². The standard InChI is InChI=1S/C16H19N5O6S/c1-19-14(22)13(15(23)20(2)16(19)24)18-17-11-4-3-5-12(10-11)28(25,26)21-6-8-27-9-7-21/h3-5,10,22H,6-9H2,1-2H3. The number of nitrogens with zero attached hydrogens (tertiary/aromatic N) is 5. The summed E-state index contributed by atoms with van der Waals surface area (Å²) in [6, 6.07) is 5.76. The molecule has 12 heteroatoms. The van der Waals surface area contributed by atoms with E-state index >= 15 is 0 Å². The molecule has 0 unspecified atom stereocenters. The summed E-state index contributed by atoms with van der Waals surface area (Å²) >= 11 is 0. The van der Waals surface area contributed by atoms with Crippen LogP contribution in [0.3, 0.4) is 0 Å². The lowest BCUT2D eigenvalue weighted by Gasteiger charge is -2.26. The molecule has 28 heavy (non-hydrogen) atoms. The minimum atomic E-state index is -3.71. The van der Waals surface area contributed by atoms with Crippen LogP contribution in [-0.2, 0) is 28.9 Å². The van der Waals surface area contributed by atoms with Gasteiger partial charge in [0.25, 0.3) is 5.56 Å². The molecule has 0 radical (unpaired) electrons. The van der Waals surface area contributed by atoms with Gasteiger partial charge in [0, 0.05) is 27.2 Å². The van der Waals surface area contributed by atoms with E-state index in [0.717, 1.165) is 9.13 Å². The van der Waals surface area contributed by atoms with Crippen molar-refractivity contribution in [2.45, 2.75) is 4.90 Å². The Morgan fingerprint density at radius 3 is 2.43 bits per heavy atom. The maximum atomic E-state index is 12.7. The highest BCUT2D eigenvalue weighted by Crippen LogP contribution is 2.25. The summed E-state index contributed by atoms with van der Waals surface area (Å²) in [5, 5.41) is 17.6. The summed E-state index contributed by atoms with van der Waals surface area (Å²) in [6.45, 7) is 1.17. The molecule has 1 aliphatic rings. The van der Waals surface area contributed by atoms with E-state index in [0.29, 0.717) is 13.2 Å². The molecule has 2 aromatic rings. The van der Waals surface area contributed by atoms with E-state index in [2.05, 4.69) is 10.2 Å². The van der Waals surface area contributed by atoms with Crippen molar-refractivity contribution in [3.8, 4) is 5.88 Å². The lowest BCUT2D eigenvalue weighted by atomic mass is 10.3. The molecule has 0 amide bonds. The quantitative estimate of drug-likeness (QED) is 0.718. The van der Waals surface area contributed by atoms with Crippen LogP contribution in [-0.4, -0.2) is 53.3 Å². The molecule has 11 nitrogen and oxygen atoms in total. The first-order valence-electron chi connectivity index (χ1n) is 8.32. The van der Waals surface area contributed by atoms with Crippen LogP contribution in [0.15, 0.2) is 49.0 Å². The normalized spacial score (nSPS) is 15.9. The van der Waals surface area contributed by atoms with Crippen LogP contribution in [0, 0.1) is 0 Å². The summed E-state index contributed by atoms with van der Waals surface area (Å²) < 4.78 is 33.6. The van der Waals surface area contributed by atoms with E-state index in [1.165, 1.54) is 42.7 Å². The summed E-state index contributed by atoms with van der Waals surface area (Å²) in [5.41, 5.74) is -1.78. The number of hydrogen-bond donors (Lipinski definition) is 1. The van der Waals surface area contributed by atoms with Gasteiger partial charge in [0.1, 0.15) is 0 Å². The number of morpholine rings is 1. The van der Waals surface area contributed by atoms with Crippen molar-refractivity contribution >= 4 is 21.4 Å². The van der Waals surface area contributed by atoms with E-state index in [9.17, 15) is 23.1 Å². The number of rotatable bonds is 4. The fourth-order valence-corrected chi connectivity index (χ4v) is 4.10. The second-order valence-electron chi connectivity index (χ2n) is 6.09. The molecule has 0 bridgehead atoms. The van der Waals surface area contributed by atoms with Gasteiger partial charge < -0.3 is 9.84 Å². The molecule has 0 atom stereocenters.